The number of hydrogen-bond donors (Lipinski definition) is 0. The Morgan fingerprint density at radius 2 is 1.83 bits per heavy atom. The van der Waals surface area contributed by atoms with Gasteiger partial charge < -0.3 is 9.64 Å². The van der Waals surface area contributed by atoms with Gasteiger partial charge in [0, 0.05) is 18.7 Å². The summed E-state index contributed by atoms with van der Waals surface area (Å²) in [5.74, 6) is -0.0319. The highest BCUT2D eigenvalue weighted by molar-refractivity contribution is 6.42. The lowest BCUT2D eigenvalue weighted by atomic mass is 10.1. The molecular formula is C13H15Cl2NO2. The second-order valence-electron chi connectivity index (χ2n) is 4.60. The molecule has 1 heterocycles. The van der Waals surface area contributed by atoms with Crippen molar-refractivity contribution >= 4 is 29.1 Å². The summed E-state index contributed by atoms with van der Waals surface area (Å²) in [6.45, 7) is 5.13. The Morgan fingerprint density at radius 3 is 2.39 bits per heavy atom. The summed E-state index contributed by atoms with van der Waals surface area (Å²) in [6.07, 6.45) is 0.112. The highest BCUT2D eigenvalue weighted by Gasteiger charge is 2.26. The number of rotatable bonds is 1. The van der Waals surface area contributed by atoms with Crippen molar-refractivity contribution in [2.24, 2.45) is 0 Å². The van der Waals surface area contributed by atoms with Crippen LogP contribution in [-0.2, 0) is 4.74 Å². The molecule has 0 aliphatic carbocycles. The highest BCUT2D eigenvalue weighted by Crippen LogP contribution is 2.24. The molecule has 1 fully saturated rings. The first-order chi connectivity index (χ1) is 8.47. The smallest absolute Gasteiger partial charge is 0.254 e. The van der Waals surface area contributed by atoms with Crippen molar-refractivity contribution in [3.63, 3.8) is 0 Å². The third kappa shape index (κ3) is 2.97. The molecule has 0 N–H and O–H groups in total. The Labute approximate surface area is 117 Å². The van der Waals surface area contributed by atoms with Crippen LogP contribution in [0.15, 0.2) is 18.2 Å². The first kappa shape index (κ1) is 13.7. The van der Waals surface area contributed by atoms with E-state index in [-0.39, 0.29) is 18.1 Å². The van der Waals surface area contributed by atoms with E-state index in [2.05, 4.69) is 0 Å². The van der Waals surface area contributed by atoms with Gasteiger partial charge in [-0.2, -0.15) is 0 Å². The van der Waals surface area contributed by atoms with Gasteiger partial charge in [0.25, 0.3) is 5.91 Å². The van der Waals surface area contributed by atoms with Gasteiger partial charge in [-0.3, -0.25) is 4.79 Å². The van der Waals surface area contributed by atoms with Crippen molar-refractivity contribution in [3.8, 4) is 0 Å². The van der Waals surface area contributed by atoms with Gasteiger partial charge in [0.05, 0.1) is 22.3 Å². The first-order valence-electron chi connectivity index (χ1n) is 5.87. The van der Waals surface area contributed by atoms with Gasteiger partial charge in [-0.1, -0.05) is 23.2 Å². The van der Waals surface area contributed by atoms with Crippen LogP contribution in [0.5, 0.6) is 0 Å². The number of halogens is 2. The molecule has 1 aliphatic rings. The Bertz CT molecular complexity index is 454. The summed E-state index contributed by atoms with van der Waals surface area (Å²) in [4.78, 5) is 14.1. The van der Waals surface area contributed by atoms with Crippen molar-refractivity contribution in [1.82, 2.24) is 4.90 Å². The average Bonchev–Trinajstić information content (AvgIpc) is 2.30. The largest absolute Gasteiger partial charge is 0.372 e. The molecular weight excluding hydrogens is 273 g/mol. The molecule has 1 saturated heterocycles. The van der Waals surface area contributed by atoms with Crippen molar-refractivity contribution in [3.05, 3.63) is 33.8 Å². The molecule has 18 heavy (non-hydrogen) atoms. The van der Waals surface area contributed by atoms with Crippen LogP contribution in [0.25, 0.3) is 0 Å². The number of carbonyl (C=O) groups excluding carboxylic acids is 1. The Kier molecular flexibility index (Phi) is 4.15. The Morgan fingerprint density at radius 1 is 1.22 bits per heavy atom. The second-order valence-corrected chi connectivity index (χ2v) is 5.41. The molecule has 0 saturated carbocycles. The number of nitrogens with zero attached hydrogens (tertiary/aromatic N) is 1. The molecule has 1 aromatic carbocycles. The number of hydrogen-bond acceptors (Lipinski definition) is 2. The molecule has 3 nitrogen and oxygen atoms in total. The minimum absolute atomic E-state index is 0.0319. The fourth-order valence-corrected chi connectivity index (χ4v) is 2.45. The number of morpholine rings is 1. The van der Waals surface area contributed by atoms with E-state index in [1.807, 2.05) is 13.8 Å². The van der Waals surface area contributed by atoms with Crippen LogP contribution in [0.4, 0.5) is 0 Å². The van der Waals surface area contributed by atoms with Crippen molar-refractivity contribution in [2.75, 3.05) is 13.1 Å². The molecule has 0 spiro atoms. The summed E-state index contributed by atoms with van der Waals surface area (Å²) in [5, 5.41) is 0.855. The standard InChI is InChI=1S/C13H15Cl2NO2/c1-8-6-16(7-9(2)18-8)13(17)10-3-4-11(14)12(15)5-10/h3-5,8-9H,6-7H2,1-2H3. The zero-order valence-corrected chi connectivity index (χ0v) is 11.8. The van der Waals surface area contributed by atoms with E-state index >= 15 is 0 Å². The van der Waals surface area contributed by atoms with Gasteiger partial charge in [0.15, 0.2) is 0 Å². The van der Waals surface area contributed by atoms with E-state index in [1.54, 1.807) is 23.1 Å². The van der Waals surface area contributed by atoms with E-state index < -0.39 is 0 Å². The highest BCUT2D eigenvalue weighted by atomic mass is 35.5. The van der Waals surface area contributed by atoms with E-state index in [1.165, 1.54) is 0 Å². The molecule has 0 bridgehead atoms. The van der Waals surface area contributed by atoms with Crippen LogP contribution >= 0.6 is 23.2 Å². The van der Waals surface area contributed by atoms with Crippen molar-refractivity contribution in [1.29, 1.82) is 0 Å². The fraction of sp³-hybridized carbons (Fsp3) is 0.462. The van der Waals surface area contributed by atoms with Gasteiger partial charge >= 0.3 is 0 Å². The average molecular weight is 288 g/mol. The normalized spacial score (nSPS) is 24.1. The van der Waals surface area contributed by atoms with Crippen LogP contribution in [-0.4, -0.2) is 36.1 Å². The lowest BCUT2D eigenvalue weighted by Gasteiger charge is -2.35. The van der Waals surface area contributed by atoms with E-state index in [9.17, 15) is 4.79 Å². The quantitative estimate of drug-likeness (QED) is 0.794. The molecule has 2 atom stereocenters. The third-order valence-corrected chi connectivity index (χ3v) is 3.61. The van der Waals surface area contributed by atoms with Gasteiger partial charge in [-0.25, -0.2) is 0 Å². The molecule has 98 valence electrons. The number of amides is 1. The van der Waals surface area contributed by atoms with Crippen LogP contribution < -0.4 is 0 Å². The SMILES string of the molecule is CC1CN(C(=O)c2ccc(Cl)c(Cl)c2)CC(C)O1. The van der Waals surface area contributed by atoms with Gasteiger partial charge in [-0.05, 0) is 32.0 Å². The zero-order chi connectivity index (χ0) is 13.3. The zero-order valence-electron chi connectivity index (χ0n) is 10.3. The summed E-state index contributed by atoms with van der Waals surface area (Å²) < 4.78 is 5.60. The third-order valence-electron chi connectivity index (χ3n) is 2.87. The minimum atomic E-state index is -0.0319. The number of benzene rings is 1. The molecule has 5 heteroatoms. The predicted molar refractivity (Wildman–Crippen MR) is 72.4 cm³/mol. The second kappa shape index (κ2) is 5.47. The summed E-state index contributed by atoms with van der Waals surface area (Å²) >= 11 is 11.8. The molecule has 2 rings (SSSR count). The lowest BCUT2D eigenvalue weighted by Crippen LogP contribution is -2.48. The summed E-state index contributed by atoms with van der Waals surface area (Å²) in [5.41, 5.74) is 0.561. The number of ether oxygens (including phenoxy) is 1. The maximum atomic E-state index is 12.3. The van der Waals surface area contributed by atoms with E-state index in [0.29, 0.717) is 28.7 Å². The topological polar surface area (TPSA) is 29.5 Å². The maximum absolute atomic E-state index is 12.3. The van der Waals surface area contributed by atoms with Gasteiger partial charge in [-0.15, -0.1) is 0 Å². The van der Waals surface area contributed by atoms with Crippen LogP contribution in [0.3, 0.4) is 0 Å². The molecule has 0 radical (unpaired) electrons. The predicted octanol–water partition coefficient (Wildman–Crippen LogP) is 3.24. The van der Waals surface area contributed by atoms with Crippen LogP contribution in [0.1, 0.15) is 24.2 Å². The molecule has 1 amide bonds. The van der Waals surface area contributed by atoms with Crippen molar-refractivity contribution < 1.29 is 9.53 Å². The van der Waals surface area contributed by atoms with E-state index in [0.717, 1.165) is 0 Å². The summed E-state index contributed by atoms with van der Waals surface area (Å²) in [7, 11) is 0. The Balaban J connectivity index is 2.17. The molecule has 1 aromatic rings. The van der Waals surface area contributed by atoms with Gasteiger partial charge in [0.2, 0.25) is 0 Å². The monoisotopic (exact) mass is 287 g/mol. The summed E-state index contributed by atoms with van der Waals surface area (Å²) in [6, 6.07) is 4.95. The Hall–Kier alpha value is -0.770. The fourth-order valence-electron chi connectivity index (χ4n) is 2.16. The minimum Gasteiger partial charge on any atom is -0.372 e. The van der Waals surface area contributed by atoms with Gasteiger partial charge in [0.1, 0.15) is 0 Å². The molecule has 1 aliphatic heterocycles. The molecule has 0 aromatic heterocycles. The molecule has 2 unspecified atom stereocenters. The van der Waals surface area contributed by atoms with Crippen LogP contribution in [0, 0.1) is 0 Å². The first-order valence-corrected chi connectivity index (χ1v) is 6.62. The maximum Gasteiger partial charge on any atom is 0.254 e. The van der Waals surface area contributed by atoms with Crippen LogP contribution in [0.2, 0.25) is 10.0 Å². The van der Waals surface area contributed by atoms with Crippen molar-refractivity contribution in [2.45, 2.75) is 26.1 Å². The number of carbonyl (C=O) groups is 1. The van der Waals surface area contributed by atoms with E-state index in [4.69, 9.17) is 27.9 Å². The lowest BCUT2D eigenvalue weighted by molar-refractivity contribution is -0.0586.